The number of rotatable bonds is 2. The highest BCUT2D eigenvalue weighted by Gasteiger charge is 2.13. The molecule has 0 amide bonds. The third-order valence-electron chi connectivity index (χ3n) is 2.96. The Morgan fingerprint density at radius 3 is 2.68 bits per heavy atom. The van der Waals surface area contributed by atoms with E-state index in [0.717, 1.165) is 12.7 Å². The van der Waals surface area contributed by atoms with Crippen molar-refractivity contribution in [2.75, 3.05) is 0 Å². The zero-order chi connectivity index (χ0) is 18.0. The van der Waals surface area contributed by atoms with Gasteiger partial charge in [-0.15, -0.1) is 5.10 Å². The molecule has 8 nitrogen and oxygen atoms in total. The molecule has 0 aliphatic rings. The van der Waals surface area contributed by atoms with Crippen molar-refractivity contribution in [3.05, 3.63) is 56.9 Å². The second-order valence-corrected chi connectivity index (χ2v) is 6.00. The summed E-state index contributed by atoms with van der Waals surface area (Å²) in [6.07, 6.45) is 3.24. The Labute approximate surface area is 144 Å². The van der Waals surface area contributed by atoms with E-state index in [9.17, 15) is 4.79 Å². The highest BCUT2D eigenvalue weighted by atomic mass is 32.1. The van der Waals surface area contributed by atoms with Gasteiger partial charge in [0.1, 0.15) is 16.1 Å². The summed E-state index contributed by atoms with van der Waals surface area (Å²) in [6.45, 7) is 2.94. The first-order valence-corrected chi connectivity index (χ1v) is 7.97. The number of aliphatic carboxylic acids is 1. The summed E-state index contributed by atoms with van der Waals surface area (Å²) in [6, 6.07) is 7.17. The fraction of sp³-hybridized carbons (Fsp3) is 0.125. The topological polar surface area (TPSA) is 111 Å². The smallest absolute Gasteiger partial charge is 0.300 e. The standard InChI is InChI=1S/C14H9N3O3S.C2H4O2/c1-8-4-5-9(20-8)7-11-13(18)17-14(21-11)15-12(16-17)10-3-2-6-19-10;1-2(3)4/h2-7H,1H3;1H3,(H,3,4). The van der Waals surface area contributed by atoms with Crippen molar-refractivity contribution >= 4 is 28.3 Å². The van der Waals surface area contributed by atoms with E-state index in [1.54, 1.807) is 24.5 Å². The number of nitrogens with zero attached hydrogens (tertiary/aromatic N) is 3. The van der Waals surface area contributed by atoms with Crippen molar-refractivity contribution in [3.8, 4) is 11.6 Å². The molecule has 9 heteroatoms. The van der Waals surface area contributed by atoms with Gasteiger partial charge in [0.25, 0.3) is 11.5 Å². The van der Waals surface area contributed by atoms with Gasteiger partial charge < -0.3 is 13.9 Å². The first kappa shape index (κ1) is 16.7. The Morgan fingerprint density at radius 2 is 2.12 bits per heavy atom. The lowest BCUT2D eigenvalue weighted by Crippen LogP contribution is -2.23. The van der Waals surface area contributed by atoms with Gasteiger partial charge in [0.2, 0.25) is 10.8 Å². The Bertz CT molecular complexity index is 1120. The van der Waals surface area contributed by atoms with Crippen molar-refractivity contribution in [2.24, 2.45) is 0 Å². The van der Waals surface area contributed by atoms with Gasteiger partial charge in [0.05, 0.1) is 6.26 Å². The minimum atomic E-state index is -0.833. The Kier molecular flexibility index (Phi) is 4.48. The Balaban J connectivity index is 0.000000415. The molecule has 0 spiro atoms. The number of fused-ring (bicyclic) bond motifs is 1. The van der Waals surface area contributed by atoms with Crippen LogP contribution in [-0.2, 0) is 4.79 Å². The number of aromatic nitrogens is 3. The monoisotopic (exact) mass is 359 g/mol. The highest BCUT2D eigenvalue weighted by Crippen LogP contribution is 2.16. The molecule has 0 unspecified atom stereocenters. The predicted molar refractivity (Wildman–Crippen MR) is 90.4 cm³/mol. The molecule has 4 aromatic rings. The maximum Gasteiger partial charge on any atom is 0.300 e. The summed E-state index contributed by atoms with van der Waals surface area (Å²) >= 11 is 1.27. The fourth-order valence-corrected chi connectivity index (χ4v) is 2.89. The van der Waals surface area contributed by atoms with Crippen molar-refractivity contribution in [1.29, 1.82) is 0 Å². The first-order valence-electron chi connectivity index (χ1n) is 7.15. The maximum atomic E-state index is 12.3. The van der Waals surface area contributed by atoms with Gasteiger partial charge in [0.15, 0.2) is 5.76 Å². The van der Waals surface area contributed by atoms with E-state index >= 15 is 0 Å². The highest BCUT2D eigenvalue weighted by molar-refractivity contribution is 7.15. The number of aryl methyl sites for hydroxylation is 1. The lowest BCUT2D eigenvalue weighted by molar-refractivity contribution is -0.134. The predicted octanol–water partition coefficient (Wildman–Crippen LogP) is 1.95. The van der Waals surface area contributed by atoms with E-state index < -0.39 is 5.97 Å². The van der Waals surface area contributed by atoms with Gasteiger partial charge in [-0.3, -0.25) is 9.59 Å². The van der Waals surface area contributed by atoms with E-state index in [1.807, 2.05) is 19.1 Å². The van der Waals surface area contributed by atoms with Crippen LogP contribution in [0.4, 0.5) is 0 Å². The molecule has 0 atom stereocenters. The SMILES string of the molecule is CC(=O)O.Cc1ccc(C=c2sc3nc(-c4ccco4)nn3c2=O)o1. The van der Waals surface area contributed by atoms with Crippen molar-refractivity contribution < 1.29 is 18.7 Å². The summed E-state index contributed by atoms with van der Waals surface area (Å²) in [5.41, 5.74) is -0.214. The van der Waals surface area contributed by atoms with Crippen LogP contribution in [0.3, 0.4) is 0 Å². The molecule has 4 aromatic heterocycles. The second kappa shape index (κ2) is 6.73. The molecule has 4 heterocycles. The molecule has 0 aliphatic heterocycles. The van der Waals surface area contributed by atoms with Gasteiger partial charge in [-0.05, 0) is 31.2 Å². The summed E-state index contributed by atoms with van der Waals surface area (Å²) in [5, 5.41) is 11.6. The van der Waals surface area contributed by atoms with Crippen LogP contribution < -0.4 is 10.1 Å². The molecule has 4 rings (SSSR count). The zero-order valence-electron chi connectivity index (χ0n) is 13.3. The lowest BCUT2D eigenvalue weighted by atomic mass is 10.4. The molecule has 1 N–H and O–H groups in total. The average molecular weight is 359 g/mol. The van der Waals surface area contributed by atoms with E-state index in [2.05, 4.69) is 10.1 Å². The molecular formula is C16H13N3O5S. The largest absolute Gasteiger partial charge is 0.481 e. The lowest BCUT2D eigenvalue weighted by Gasteiger charge is -1.84. The minimum absolute atomic E-state index is 0.214. The third kappa shape index (κ3) is 3.66. The molecule has 0 saturated heterocycles. The normalized spacial score (nSPS) is 11.5. The van der Waals surface area contributed by atoms with Gasteiger partial charge >= 0.3 is 0 Å². The van der Waals surface area contributed by atoms with E-state index in [1.165, 1.54) is 15.9 Å². The molecule has 0 bridgehead atoms. The number of carbonyl (C=O) groups is 1. The van der Waals surface area contributed by atoms with E-state index in [0.29, 0.717) is 26.8 Å². The average Bonchev–Trinajstić information content (AvgIpc) is 3.27. The number of carboxylic acid groups (broad SMARTS) is 1. The van der Waals surface area contributed by atoms with Crippen LogP contribution in [0.1, 0.15) is 18.4 Å². The minimum Gasteiger partial charge on any atom is -0.481 e. The van der Waals surface area contributed by atoms with Crippen LogP contribution in [0.15, 0.2) is 44.2 Å². The number of carboxylic acids is 1. The van der Waals surface area contributed by atoms with Gasteiger partial charge in [-0.2, -0.15) is 9.50 Å². The number of hydrogen-bond donors (Lipinski definition) is 1. The fourth-order valence-electron chi connectivity index (χ4n) is 2.00. The number of thiazole rings is 1. The van der Waals surface area contributed by atoms with Gasteiger partial charge in [0, 0.05) is 13.0 Å². The third-order valence-corrected chi connectivity index (χ3v) is 3.92. The molecule has 0 aliphatic carbocycles. The molecule has 0 saturated carbocycles. The van der Waals surface area contributed by atoms with Crippen LogP contribution in [0.2, 0.25) is 0 Å². The van der Waals surface area contributed by atoms with Crippen LogP contribution in [0.5, 0.6) is 0 Å². The number of furan rings is 2. The Morgan fingerprint density at radius 1 is 1.36 bits per heavy atom. The van der Waals surface area contributed by atoms with Crippen LogP contribution in [0, 0.1) is 6.92 Å². The maximum absolute atomic E-state index is 12.3. The Hall–Kier alpha value is -3.20. The first-order chi connectivity index (χ1) is 11.9. The van der Waals surface area contributed by atoms with Gasteiger partial charge in [-0.1, -0.05) is 11.3 Å². The van der Waals surface area contributed by atoms with Crippen molar-refractivity contribution in [1.82, 2.24) is 14.6 Å². The van der Waals surface area contributed by atoms with E-state index in [-0.39, 0.29) is 5.56 Å². The summed E-state index contributed by atoms with van der Waals surface area (Å²) in [7, 11) is 0. The quantitative estimate of drug-likeness (QED) is 0.582. The molecule has 0 aromatic carbocycles. The van der Waals surface area contributed by atoms with Gasteiger partial charge in [-0.25, -0.2) is 0 Å². The van der Waals surface area contributed by atoms with Crippen LogP contribution in [0.25, 0.3) is 22.6 Å². The molecule has 0 fully saturated rings. The molecule has 128 valence electrons. The summed E-state index contributed by atoms with van der Waals surface area (Å²) in [5.74, 6) is 1.55. The summed E-state index contributed by atoms with van der Waals surface area (Å²) in [4.78, 5) is 26.1. The molecular weight excluding hydrogens is 346 g/mol. The second-order valence-electron chi connectivity index (χ2n) is 4.99. The van der Waals surface area contributed by atoms with Crippen molar-refractivity contribution in [2.45, 2.75) is 13.8 Å². The number of hydrogen-bond acceptors (Lipinski definition) is 7. The van der Waals surface area contributed by atoms with Crippen LogP contribution in [-0.4, -0.2) is 25.7 Å². The molecule has 0 radical (unpaired) electrons. The van der Waals surface area contributed by atoms with Crippen LogP contribution >= 0.6 is 11.3 Å². The summed E-state index contributed by atoms with van der Waals surface area (Å²) < 4.78 is 12.5. The molecule has 25 heavy (non-hydrogen) atoms. The zero-order valence-corrected chi connectivity index (χ0v) is 14.1. The van der Waals surface area contributed by atoms with E-state index in [4.69, 9.17) is 18.7 Å². The van der Waals surface area contributed by atoms with Crippen molar-refractivity contribution in [3.63, 3.8) is 0 Å².